The Morgan fingerprint density at radius 2 is 2.00 bits per heavy atom. The van der Waals surface area contributed by atoms with Crippen LogP contribution in [0.3, 0.4) is 0 Å². The fourth-order valence-electron chi connectivity index (χ4n) is 1.31. The highest BCUT2D eigenvalue weighted by atomic mass is 79.9. The average molecular weight is 326 g/mol. The van der Waals surface area contributed by atoms with Crippen molar-refractivity contribution in [1.82, 2.24) is 0 Å². The Kier molecular flexibility index (Phi) is 4.10. The highest BCUT2D eigenvalue weighted by Crippen LogP contribution is 2.36. The van der Waals surface area contributed by atoms with Gasteiger partial charge in [0.05, 0.1) is 9.75 Å². The van der Waals surface area contributed by atoms with Crippen LogP contribution in [-0.4, -0.2) is 15.5 Å². The molecule has 0 radical (unpaired) electrons. The number of halogens is 4. The summed E-state index contributed by atoms with van der Waals surface area (Å²) in [6.07, 6.45) is -4.88. The molecule has 0 aliphatic carbocycles. The highest BCUT2D eigenvalue weighted by Gasteiger charge is 2.38. The van der Waals surface area contributed by atoms with Crippen molar-refractivity contribution in [3.05, 3.63) is 39.4 Å². The maximum absolute atomic E-state index is 12.6. The molecule has 18 heavy (non-hydrogen) atoms. The molecule has 0 aliphatic heterocycles. The zero-order valence-electron chi connectivity index (χ0n) is 8.99. The predicted octanol–water partition coefficient (Wildman–Crippen LogP) is 3.58. The van der Waals surface area contributed by atoms with E-state index < -0.39 is 33.0 Å². The van der Waals surface area contributed by atoms with E-state index in [1.54, 1.807) is 0 Å². The second-order valence-corrected chi connectivity index (χ2v) is 4.84. The Hall–Kier alpha value is -1.44. The third kappa shape index (κ3) is 3.06. The number of carbonyl (C=O) groups is 1. The van der Waals surface area contributed by atoms with Crippen LogP contribution in [0.1, 0.15) is 22.8 Å². The predicted molar refractivity (Wildman–Crippen MR) is 60.8 cm³/mol. The minimum absolute atomic E-state index is 0.225. The largest absolute Gasteiger partial charge is 0.423 e. The van der Waals surface area contributed by atoms with Gasteiger partial charge in [0.1, 0.15) is 5.56 Å². The number of carbonyl (C=O) groups excluding carboxylic acids is 1. The first-order valence-corrected chi connectivity index (χ1v) is 5.60. The lowest BCUT2D eigenvalue weighted by Gasteiger charge is -2.09. The van der Waals surface area contributed by atoms with Crippen molar-refractivity contribution >= 4 is 27.4 Å². The van der Waals surface area contributed by atoms with E-state index in [2.05, 4.69) is 15.9 Å². The summed E-state index contributed by atoms with van der Waals surface area (Å²) in [6.45, 7) is 1.46. The maximum atomic E-state index is 12.6. The van der Waals surface area contributed by atoms with E-state index in [-0.39, 0.29) is 5.56 Å². The van der Waals surface area contributed by atoms with Crippen LogP contribution in [-0.2, 0) is 6.18 Å². The van der Waals surface area contributed by atoms with Crippen molar-refractivity contribution in [3.8, 4) is 0 Å². The number of benzene rings is 1. The highest BCUT2D eigenvalue weighted by molar-refractivity contribution is 9.10. The van der Waals surface area contributed by atoms with Crippen LogP contribution in [0, 0.1) is 10.1 Å². The molecule has 0 saturated heterocycles. The van der Waals surface area contributed by atoms with E-state index in [0.29, 0.717) is 12.1 Å². The Bertz CT molecular complexity index is 500. The molecule has 0 saturated carbocycles. The molecule has 0 heterocycles. The van der Waals surface area contributed by atoms with E-state index in [1.807, 2.05) is 0 Å². The maximum Gasteiger partial charge on any atom is 0.423 e. The normalized spacial score (nSPS) is 13.2. The van der Waals surface area contributed by atoms with E-state index in [4.69, 9.17) is 0 Å². The van der Waals surface area contributed by atoms with Gasteiger partial charge in [-0.3, -0.25) is 14.9 Å². The second-order valence-electron chi connectivity index (χ2n) is 3.47. The quantitative estimate of drug-likeness (QED) is 0.369. The molecule has 0 bridgehead atoms. The topological polar surface area (TPSA) is 60.2 Å². The molecule has 1 aromatic rings. The molecule has 1 atom stereocenters. The molecule has 0 fully saturated rings. The lowest BCUT2D eigenvalue weighted by atomic mass is 10.0. The van der Waals surface area contributed by atoms with Gasteiger partial charge in [0.25, 0.3) is 5.69 Å². The van der Waals surface area contributed by atoms with Gasteiger partial charge in [-0.1, -0.05) is 15.9 Å². The van der Waals surface area contributed by atoms with E-state index in [0.717, 1.165) is 6.07 Å². The van der Waals surface area contributed by atoms with Gasteiger partial charge in [-0.2, -0.15) is 13.2 Å². The second kappa shape index (κ2) is 5.05. The first-order valence-electron chi connectivity index (χ1n) is 4.68. The van der Waals surface area contributed by atoms with Gasteiger partial charge in [0.15, 0.2) is 5.78 Å². The molecular weight excluding hydrogens is 319 g/mol. The molecule has 1 aromatic carbocycles. The Morgan fingerprint density at radius 3 is 2.39 bits per heavy atom. The molecule has 0 spiro atoms. The molecule has 0 aliphatic rings. The Labute approximate surface area is 108 Å². The SMILES string of the molecule is CC(Br)C(=O)c1ccc([N+](=O)[O-])c(C(F)(F)F)c1. The number of nitrogens with zero attached hydrogens (tertiary/aromatic N) is 1. The van der Waals surface area contributed by atoms with Gasteiger partial charge in [-0.25, -0.2) is 0 Å². The minimum atomic E-state index is -4.88. The number of rotatable bonds is 3. The van der Waals surface area contributed by atoms with Crippen LogP contribution in [0.15, 0.2) is 18.2 Å². The first kappa shape index (κ1) is 14.6. The molecular formula is C10H7BrF3NO3. The van der Waals surface area contributed by atoms with Crippen LogP contribution in [0.4, 0.5) is 18.9 Å². The van der Waals surface area contributed by atoms with E-state index >= 15 is 0 Å². The van der Waals surface area contributed by atoms with Crippen molar-refractivity contribution < 1.29 is 22.9 Å². The summed E-state index contributed by atoms with van der Waals surface area (Å²) in [4.78, 5) is 20.2. The zero-order valence-corrected chi connectivity index (χ0v) is 10.6. The van der Waals surface area contributed by atoms with Crippen molar-refractivity contribution in [3.63, 3.8) is 0 Å². The Balaban J connectivity index is 3.40. The molecule has 1 rings (SSSR count). The van der Waals surface area contributed by atoms with Crippen molar-refractivity contribution in [1.29, 1.82) is 0 Å². The number of hydrogen-bond donors (Lipinski definition) is 0. The molecule has 0 aromatic heterocycles. The molecule has 8 heteroatoms. The standard InChI is InChI=1S/C10H7BrF3NO3/c1-5(11)9(16)6-2-3-8(15(17)18)7(4-6)10(12,13)14/h2-5H,1H3. The van der Waals surface area contributed by atoms with Gasteiger partial charge < -0.3 is 0 Å². The minimum Gasteiger partial charge on any atom is -0.293 e. The van der Waals surface area contributed by atoms with Crippen LogP contribution in [0.2, 0.25) is 0 Å². The van der Waals surface area contributed by atoms with Crippen molar-refractivity contribution in [2.75, 3.05) is 0 Å². The molecule has 0 N–H and O–H groups in total. The third-order valence-corrected chi connectivity index (χ3v) is 2.56. The lowest BCUT2D eigenvalue weighted by molar-refractivity contribution is -0.388. The molecule has 1 unspecified atom stereocenters. The third-order valence-electron chi connectivity index (χ3n) is 2.14. The smallest absolute Gasteiger partial charge is 0.293 e. The van der Waals surface area contributed by atoms with Gasteiger partial charge in [-0.05, 0) is 19.1 Å². The van der Waals surface area contributed by atoms with Crippen LogP contribution < -0.4 is 0 Å². The monoisotopic (exact) mass is 325 g/mol. The number of Topliss-reactive ketones (excluding diaryl/α,β-unsaturated/α-hetero) is 1. The van der Waals surface area contributed by atoms with Gasteiger partial charge in [0, 0.05) is 11.6 Å². The summed E-state index contributed by atoms with van der Waals surface area (Å²) < 4.78 is 37.9. The summed E-state index contributed by atoms with van der Waals surface area (Å²) >= 11 is 2.93. The summed E-state index contributed by atoms with van der Waals surface area (Å²) in [5.74, 6) is -0.574. The Morgan fingerprint density at radius 1 is 1.44 bits per heavy atom. The fourth-order valence-corrected chi connectivity index (χ4v) is 1.57. The fraction of sp³-hybridized carbons (Fsp3) is 0.300. The summed E-state index contributed by atoms with van der Waals surface area (Å²) in [5.41, 5.74) is -2.72. The van der Waals surface area contributed by atoms with E-state index in [9.17, 15) is 28.1 Å². The van der Waals surface area contributed by atoms with Crippen LogP contribution in [0.25, 0.3) is 0 Å². The summed E-state index contributed by atoms with van der Waals surface area (Å²) in [7, 11) is 0. The number of hydrogen-bond acceptors (Lipinski definition) is 3. The summed E-state index contributed by atoms with van der Waals surface area (Å²) in [5, 5.41) is 10.5. The van der Waals surface area contributed by atoms with E-state index in [1.165, 1.54) is 6.92 Å². The van der Waals surface area contributed by atoms with Crippen molar-refractivity contribution in [2.24, 2.45) is 0 Å². The summed E-state index contributed by atoms with van der Waals surface area (Å²) in [6, 6.07) is 2.19. The lowest BCUT2D eigenvalue weighted by Crippen LogP contribution is -2.14. The molecule has 4 nitrogen and oxygen atoms in total. The van der Waals surface area contributed by atoms with Gasteiger partial charge in [-0.15, -0.1) is 0 Å². The first-order chi connectivity index (χ1) is 8.14. The van der Waals surface area contributed by atoms with Gasteiger partial charge in [0.2, 0.25) is 0 Å². The van der Waals surface area contributed by atoms with Crippen LogP contribution >= 0.6 is 15.9 Å². The molecule has 0 amide bonds. The average Bonchev–Trinajstić information content (AvgIpc) is 2.25. The number of alkyl halides is 4. The number of nitro benzene ring substituents is 1. The van der Waals surface area contributed by atoms with Crippen molar-refractivity contribution in [2.45, 2.75) is 17.9 Å². The van der Waals surface area contributed by atoms with Gasteiger partial charge >= 0.3 is 6.18 Å². The number of ketones is 1. The zero-order chi connectivity index (χ0) is 14.1. The van der Waals surface area contributed by atoms with Crippen LogP contribution in [0.5, 0.6) is 0 Å². The number of nitro groups is 1. The molecule has 98 valence electrons.